The number of rotatable bonds is 7. The molecule has 0 aromatic rings. The fourth-order valence-electron chi connectivity index (χ4n) is 1.71. The van der Waals surface area contributed by atoms with E-state index in [1.54, 1.807) is 13.8 Å². The molecule has 1 atom stereocenters. The number of hydrogen-bond donors (Lipinski definition) is 1. The van der Waals surface area contributed by atoms with E-state index in [9.17, 15) is 4.79 Å². The largest absolute Gasteiger partial charge is 0.481 e. The number of carbonyl (C=O) groups is 1. The molecule has 1 heterocycles. The fraction of sp³-hybridized carbons (Fsp3) is 0.917. The zero-order valence-corrected chi connectivity index (χ0v) is 11.0. The summed E-state index contributed by atoms with van der Waals surface area (Å²) in [6.45, 7) is 4.50. The average molecular weight is 246 g/mol. The van der Waals surface area contributed by atoms with E-state index in [0.29, 0.717) is 6.10 Å². The highest BCUT2D eigenvalue weighted by molar-refractivity contribution is 7.99. The average Bonchev–Trinajstić information content (AvgIpc) is 2.69. The van der Waals surface area contributed by atoms with Crippen LogP contribution in [0.4, 0.5) is 0 Å². The molecular weight excluding hydrogens is 224 g/mol. The van der Waals surface area contributed by atoms with Crippen LogP contribution >= 0.6 is 11.8 Å². The van der Waals surface area contributed by atoms with Gasteiger partial charge in [-0.05, 0) is 45.3 Å². The third kappa shape index (κ3) is 4.74. The zero-order chi connectivity index (χ0) is 12.0. The van der Waals surface area contributed by atoms with Crippen LogP contribution in [0.3, 0.4) is 0 Å². The standard InChI is InChI=1S/C12H22O3S/c1-12(2,11(13)14)6-4-8-16-9-10-5-3-7-15-10/h10H,3-9H2,1-2H3,(H,13,14). The van der Waals surface area contributed by atoms with E-state index in [-0.39, 0.29) is 0 Å². The van der Waals surface area contributed by atoms with Crippen LogP contribution in [0.1, 0.15) is 39.5 Å². The van der Waals surface area contributed by atoms with Crippen molar-refractivity contribution in [2.24, 2.45) is 5.41 Å². The van der Waals surface area contributed by atoms with E-state index in [2.05, 4.69) is 0 Å². The molecular formula is C12H22O3S. The van der Waals surface area contributed by atoms with Gasteiger partial charge in [-0.25, -0.2) is 0 Å². The van der Waals surface area contributed by atoms with Crippen LogP contribution in [0, 0.1) is 5.41 Å². The Morgan fingerprint density at radius 2 is 2.31 bits per heavy atom. The van der Waals surface area contributed by atoms with Crippen molar-refractivity contribution in [2.75, 3.05) is 18.1 Å². The molecule has 0 saturated carbocycles. The van der Waals surface area contributed by atoms with Crippen molar-refractivity contribution in [3.05, 3.63) is 0 Å². The lowest BCUT2D eigenvalue weighted by Crippen LogP contribution is -2.23. The quantitative estimate of drug-likeness (QED) is 0.702. The van der Waals surface area contributed by atoms with Gasteiger partial charge in [-0.15, -0.1) is 0 Å². The lowest BCUT2D eigenvalue weighted by Gasteiger charge is -2.18. The van der Waals surface area contributed by atoms with Crippen LogP contribution < -0.4 is 0 Å². The Morgan fingerprint density at radius 1 is 1.56 bits per heavy atom. The van der Waals surface area contributed by atoms with Gasteiger partial charge >= 0.3 is 5.97 Å². The second-order valence-electron chi connectivity index (χ2n) is 5.00. The molecule has 0 radical (unpaired) electrons. The number of aliphatic carboxylic acids is 1. The summed E-state index contributed by atoms with van der Waals surface area (Å²) in [5, 5.41) is 8.94. The van der Waals surface area contributed by atoms with Crippen molar-refractivity contribution in [1.29, 1.82) is 0 Å². The molecule has 0 spiro atoms. The smallest absolute Gasteiger partial charge is 0.309 e. The minimum Gasteiger partial charge on any atom is -0.481 e. The van der Waals surface area contributed by atoms with Crippen LogP contribution in [0.2, 0.25) is 0 Å². The van der Waals surface area contributed by atoms with Crippen LogP contribution in [0.15, 0.2) is 0 Å². The lowest BCUT2D eigenvalue weighted by molar-refractivity contribution is -0.147. The summed E-state index contributed by atoms with van der Waals surface area (Å²) in [5.41, 5.74) is -0.579. The molecule has 0 aromatic heterocycles. The zero-order valence-electron chi connectivity index (χ0n) is 10.2. The summed E-state index contributed by atoms with van der Waals surface area (Å²) in [5.74, 6) is 1.40. The van der Waals surface area contributed by atoms with Crippen molar-refractivity contribution in [3.8, 4) is 0 Å². The Bertz CT molecular complexity index is 222. The SMILES string of the molecule is CC(C)(CCCSCC1CCCO1)C(=O)O. The summed E-state index contributed by atoms with van der Waals surface area (Å²) in [4.78, 5) is 10.9. The van der Waals surface area contributed by atoms with Gasteiger partial charge in [0.1, 0.15) is 0 Å². The molecule has 1 aliphatic heterocycles. The van der Waals surface area contributed by atoms with Crippen LogP contribution in [-0.4, -0.2) is 35.3 Å². The van der Waals surface area contributed by atoms with Gasteiger partial charge in [0.15, 0.2) is 0 Å². The first-order valence-electron chi connectivity index (χ1n) is 5.95. The molecule has 1 unspecified atom stereocenters. The monoisotopic (exact) mass is 246 g/mol. The van der Waals surface area contributed by atoms with Gasteiger partial charge in [0.05, 0.1) is 11.5 Å². The second-order valence-corrected chi connectivity index (χ2v) is 6.15. The lowest BCUT2D eigenvalue weighted by atomic mass is 9.88. The van der Waals surface area contributed by atoms with E-state index in [4.69, 9.17) is 9.84 Å². The summed E-state index contributed by atoms with van der Waals surface area (Å²) in [6, 6.07) is 0. The number of carboxylic acids is 1. The molecule has 0 aromatic carbocycles. The third-order valence-electron chi connectivity index (χ3n) is 3.00. The van der Waals surface area contributed by atoms with E-state index < -0.39 is 11.4 Å². The summed E-state index contributed by atoms with van der Waals surface area (Å²) < 4.78 is 5.52. The predicted octanol–water partition coefficient (Wildman–Crippen LogP) is 2.79. The van der Waals surface area contributed by atoms with Crippen molar-refractivity contribution in [1.82, 2.24) is 0 Å². The van der Waals surface area contributed by atoms with E-state index in [1.165, 1.54) is 12.8 Å². The van der Waals surface area contributed by atoms with E-state index in [1.807, 2.05) is 11.8 Å². The van der Waals surface area contributed by atoms with Crippen molar-refractivity contribution < 1.29 is 14.6 Å². The normalized spacial score (nSPS) is 21.2. The Labute approximate surface area is 102 Å². The number of hydrogen-bond acceptors (Lipinski definition) is 3. The molecule has 0 aliphatic carbocycles. The number of thioether (sulfide) groups is 1. The molecule has 16 heavy (non-hydrogen) atoms. The van der Waals surface area contributed by atoms with Gasteiger partial charge < -0.3 is 9.84 Å². The van der Waals surface area contributed by atoms with Crippen LogP contribution in [0.25, 0.3) is 0 Å². The van der Waals surface area contributed by atoms with Crippen LogP contribution in [0.5, 0.6) is 0 Å². The highest BCUT2D eigenvalue weighted by atomic mass is 32.2. The maximum atomic E-state index is 10.9. The fourth-order valence-corrected chi connectivity index (χ4v) is 2.75. The summed E-state index contributed by atoms with van der Waals surface area (Å²) in [7, 11) is 0. The molecule has 1 rings (SSSR count). The Kier molecular flexibility index (Phi) is 5.62. The second kappa shape index (κ2) is 6.50. The molecule has 1 aliphatic rings. The summed E-state index contributed by atoms with van der Waals surface area (Å²) >= 11 is 1.88. The number of ether oxygens (including phenoxy) is 1. The van der Waals surface area contributed by atoms with Gasteiger partial charge in [0.2, 0.25) is 0 Å². The van der Waals surface area contributed by atoms with Crippen molar-refractivity contribution in [2.45, 2.75) is 45.6 Å². The molecule has 0 amide bonds. The van der Waals surface area contributed by atoms with Gasteiger partial charge in [0.25, 0.3) is 0 Å². The van der Waals surface area contributed by atoms with Crippen LogP contribution in [-0.2, 0) is 9.53 Å². The van der Waals surface area contributed by atoms with Gasteiger partial charge in [-0.1, -0.05) is 0 Å². The van der Waals surface area contributed by atoms with Gasteiger partial charge in [-0.3, -0.25) is 4.79 Å². The molecule has 94 valence electrons. The summed E-state index contributed by atoms with van der Waals surface area (Å²) in [6.07, 6.45) is 4.54. The Balaban J connectivity index is 2.01. The van der Waals surface area contributed by atoms with Crippen molar-refractivity contribution >= 4 is 17.7 Å². The third-order valence-corrected chi connectivity index (χ3v) is 4.18. The predicted molar refractivity (Wildman–Crippen MR) is 66.9 cm³/mol. The highest BCUT2D eigenvalue weighted by Gasteiger charge is 2.26. The molecule has 0 bridgehead atoms. The number of carboxylic acid groups (broad SMARTS) is 1. The van der Waals surface area contributed by atoms with E-state index >= 15 is 0 Å². The Morgan fingerprint density at radius 3 is 2.88 bits per heavy atom. The molecule has 1 fully saturated rings. The maximum Gasteiger partial charge on any atom is 0.309 e. The highest BCUT2D eigenvalue weighted by Crippen LogP contribution is 2.24. The molecule has 3 nitrogen and oxygen atoms in total. The molecule has 4 heteroatoms. The molecule has 1 N–H and O–H groups in total. The van der Waals surface area contributed by atoms with Gasteiger partial charge in [0, 0.05) is 12.4 Å². The topological polar surface area (TPSA) is 46.5 Å². The Hall–Kier alpha value is -0.220. The van der Waals surface area contributed by atoms with E-state index in [0.717, 1.165) is 31.0 Å². The van der Waals surface area contributed by atoms with Crippen molar-refractivity contribution in [3.63, 3.8) is 0 Å². The minimum absolute atomic E-state index is 0.442. The first-order valence-corrected chi connectivity index (χ1v) is 7.10. The van der Waals surface area contributed by atoms with Gasteiger partial charge in [-0.2, -0.15) is 11.8 Å². The first-order chi connectivity index (χ1) is 7.52. The minimum atomic E-state index is -0.698. The first kappa shape index (κ1) is 13.8. The molecule has 1 saturated heterocycles. The maximum absolute atomic E-state index is 10.9.